The highest BCUT2D eigenvalue weighted by atomic mass is 32.2. The normalized spacial score (nSPS) is 20.1. The molecule has 0 atom stereocenters. The molecule has 1 fully saturated rings. The number of nitrogens with one attached hydrogen (secondary N) is 1. The topological polar surface area (TPSA) is 83.6 Å². The lowest BCUT2D eigenvalue weighted by Crippen LogP contribution is -2.38. The summed E-state index contributed by atoms with van der Waals surface area (Å²) in [4.78, 5) is 0.253. The third kappa shape index (κ3) is 4.78. The van der Waals surface area contributed by atoms with Gasteiger partial charge >= 0.3 is 0 Å². The van der Waals surface area contributed by atoms with E-state index < -0.39 is 20.0 Å². The summed E-state index contributed by atoms with van der Waals surface area (Å²) in [5.74, 6) is 0.141. The van der Waals surface area contributed by atoms with Gasteiger partial charge in [0.2, 0.25) is 20.0 Å². The van der Waals surface area contributed by atoms with E-state index in [4.69, 9.17) is 0 Å². The Morgan fingerprint density at radius 1 is 1.07 bits per heavy atom. The lowest BCUT2D eigenvalue weighted by atomic mass is 9.97. The van der Waals surface area contributed by atoms with Gasteiger partial charge in [-0.15, -0.1) is 0 Å². The Morgan fingerprint density at radius 3 is 2.39 bits per heavy atom. The average molecular weight is 427 g/mol. The van der Waals surface area contributed by atoms with Crippen LogP contribution in [0.2, 0.25) is 0 Å². The molecule has 1 aromatic rings. The van der Waals surface area contributed by atoms with Crippen molar-refractivity contribution in [2.45, 2.75) is 63.7 Å². The summed E-state index contributed by atoms with van der Waals surface area (Å²) in [7, 11) is -6.97. The maximum atomic E-state index is 12.9. The molecule has 0 unspecified atom stereocenters. The number of rotatable bonds is 6. The van der Waals surface area contributed by atoms with Gasteiger partial charge < -0.3 is 0 Å². The maximum absolute atomic E-state index is 12.9. The first-order valence-electron chi connectivity index (χ1n) is 10.00. The summed E-state index contributed by atoms with van der Waals surface area (Å²) < 4.78 is 54.6. The van der Waals surface area contributed by atoms with Crippen molar-refractivity contribution in [1.29, 1.82) is 0 Å². The van der Waals surface area contributed by atoms with E-state index in [2.05, 4.69) is 10.8 Å². The Labute approximate surface area is 169 Å². The lowest BCUT2D eigenvalue weighted by molar-refractivity contribution is 0.574. The van der Waals surface area contributed by atoms with E-state index in [1.807, 2.05) is 0 Å². The van der Waals surface area contributed by atoms with Crippen molar-refractivity contribution in [1.82, 2.24) is 4.72 Å². The van der Waals surface area contributed by atoms with Gasteiger partial charge in [0.05, 0.1) is 16.3 Å². The Bertz CT molecular complexity index is 943. The van der Waals surface area contributed by atoms with Gasteiger partial charge in [0, 0.05) is 13.1 Å². The van der Waals surface area contributed by atoms with Crippen molar-refractivity contribution < 1.29 is 16.8 Å². The van der Waals surface area contributed by atoms with Crippen molar-refractivity contribution >= 4 is 25.7 Å². The molecule has 1 aromatic carbocycles. The van der Waals surface area contributed by atoms with Crippen molar-refractivity contribution in [3.63, 3.8) is 0 Å². The summed E-state index contributed by atoms with van der Waals surface area (Å²) in [6.07, 6.45) is 8.98. The minimum Gasteiger partial charge on any atom is -0.270 e. The van der Waals surface area contributed by atoms with E-state index in [1.165, 1.54) is 22.7 Å². The molecule has 0 amide bonds. The van der Waals surface area contributed by atoms with Crippen LogP contribution in [0.15, 0.2) is 28.7 Å². The summed E-state index contributed by atoms with van der Waals surface area (Å²) in [6, 6.07) is 3.35. The fourth-order valence-corrected chi connectivity index (χ4v) is 7.23. The molecule has 3 rings (SSSR count). The molecular formula is C20H30N2O4S2. The van der Waals surface area contributed by atoms with Gasteiger partial charge in [0.1, 0.15) is 0 Å². The van der Waals surface area contributed by atoms with Crippen LogP contribution in [0.5, 0.6) is 0 Å². The molecule has 0 aromatic heterocycles. The van der Waals surface area contributed by atoms with Crippen LogP contribution >= 0.6 is 0 Å². The Balaban J connectivity index is 1.78. The highest BCUT2D eigenvalue weighted by Gasteiger charge is 2.28. The first kappa shape index (κ1) is 21.3. The predicted octanol–water partition coefficient (Wildman–Crippen LogP) is 3.40. The van der Waals surface area contributed by atoms with Gasteiger partial charge in [-0.25, -0.2) is 21.6 Å². The fraction of sp³-hybridized carbons (Fsp3) is 0.600. The van der Waals surface area contributed by atoms with Gasteiger partial charge in [-0.05, 0) is 82.1 Å². The van der Waals surface area contributed by atoms with Crippen LogP contribution in [-0.2, 0) is 20.0 Å². The standard InChI is InChI=1S/C20H30N2O4S2/c1-16-14-19(22-12-6-7-13-27(22,23)24)15-17(2)20(16)28(25,26)21-11-10-18-8-4-3-5-9-18/h8,14-15,21H,3-7,9-13H2,1-2H3. The van der Waals surface area contributed by atoms with Crippen LogP contribution in [0.4, 0.5) is 5.69 Å². The van der Waals surface area contributed by atoms with Crippen LogP contribution in [0, 0.1) is 13.8 Å². The molecule has 6 nitrogen and oxygen atoms in total. The molecule has 0 radical (unpaired) electrons. The number of nitrogens with zero attached hydrogens (tertiary/aromatic N) is 1. The zero-order chi connectivity index (χ0) is 20.4. The van der Waals surface area contributed by atoms with Crippen molar-refractivity contribution in [3.05, 3.63) is 34.9 Å². The van der Waals surface area contributed by atoms with Crippen molar-refractivity contribution in [2.75, 3.05) is 23.1 Å². The minimum atomic E-state index is -3.64. The summed E-state index contributed by atoms with van der Waals surface area (Å²) >= 11 is 0. The van der Waals surface area contributed by atoms with E-state index in [0.717, 1.165) is 25.7 Å². The first-order chi connectivity index (χ1) is 13.2. The highest BCUT2D eigenvalue weighted by molar-refractivity contribution is 7.92. The predicted molar refractivity (Wildman–Crippen MR) is 113 cm³/mol. The molecule has 1 saturated heterocycles. The number of allylic oxidation sites excluding steroid dienone is 1. The Hall–Kier alpha value is -1.38. The second-order valence-electron chi connectivity index (χ2n) is 7.76. The maximum Gasteiger partial charge on any atom is 0.241 e. The van der Waals surface area contributed by atoms with Gasteiger partial charge in [-0.1, -0.05) is 11.6 Å². The summed E-state index contributed by atoms with van der Waals surface area (Å²) in [6.45, 7) is 4.28. The SMILES string of the molecule is Cc1cc(N2CCCCS2(=O)=O)cc(C)c1S(=O)(=O)NCCC1=CCCCC1. The van der Waals surface area contributed by atoms with E-state index in [-0.39, 0.29) is 10.6 Å². The third-order valence-corrected chi connectivity index (χ3v) is 9.11. The molecule has 1 aliphatic heterocycles. The zero-order valence-corrected chi connectivity index (χ0v) is 18.3. The summed E-state index contributed by atoms with van der Waals surface area (Å²) in [5.41, 5.74) is 3.02. The molecule has 28 heavy (non-hydrogen) atoms. The van der Waals surface area contributed by atoms with Crippen LogP contribution in [0.3, 0.4) is 0 Å². The van der Waals surface area contributed by atoms with E-state index in [1.54, 1.807) is 26.0 Å². The molecule has 0 saturated carbocycles. The van der Waals surface area contributed by atoms with Crippen LogP contribution in [0.25, 0.3) is 0 Å². The lowest BCUT2D eigenvalue weighted by Gasteiger charge is -2.29. The van der Waals surface area contributed by atoms with Gasteiger partial charge in [0.25, 0.3) is 0 Å². The van der Waals surface area contributed by atoms with E-state index >= 15 is 0 Å². The Morgan fingerprint density at radius 2 is 1.79 bits per heavy atom. The molecule has 0 spiro atoms. The largest absolute Gasteiger partial charge is 0.270 e. The van der Waals surface area contributed by atoms with Gasteiger partial charge in [0.15, 0.2) is 0 Å². The molecule has 0 bridgehead atoms. The molecule has 1 aliphatic carbocycles. The van der Waals surface area contributed by atoms with Crippen LogP contribution in [-0.4, -0.2) is 35.7 Å². The monoisotopic (exact) mass is 426 g/mol. The smallest absolute Gasteiger partial charge is 0.241 e. The van der Waals surface area contributed by atoms with E-state index in [9.17, 15) is 16.8 Å². The minimum absolute atomic E-state index is 0.141. The number of anilines is 1. The highest BCUT2D eigenvalue weighted by Crippen LogP contribution is 2.30. The zero-order valence-electron chi connectivity index (χ0n) is 16.7. The second kappa shape index (κ2) is 8.55. The number of benzene rings is 1. The van der Waals surface area contributed by atoms with Crippen LogP contribution < -0.4 is 9.03 Å². The molecule has 1 heterocycles. The average Bonchev–Trinajstić information content (AvgIpc) is 2.61. The fourth-order valence-electron chi connectivity index (χ4n) is 4.12. The number of sulfonamides is 2. The molecule has 2 aliphatic rings. The summed E-state index contributed by atoms with van der Waals surface area (Å²) in [5, 5.41) is 0. The van der Waals surface area contributed by atoms with E-state index in [0.29, 0.717) is 36.3 Å². The molecular weight excluding hydrogens is 396 g/mol. The number of hydrogen-bond acceptors (Lipinski definition) is 4. The second-order valence-corrected chi connectivity index (χ2v) is 11.5. The van der Waals surface area contributed by atoms with Crippen molar-refractivity contribution in [3.8, 4) is 0 Å². The van der Waals surface area contributed by atoms with Gasteiger partial charge in [-0.2, -0.15) is 0 Å². The quantitative estimate of drug-likeness (QED) is 0.707. The first-order valence-corrected chi connectivity index (χ1v) is 13.1. The molecule has 8 heteroatoms. The molecule has 156 valence electrons. The molecule has 1 N–H and O–H groups in total. The Kier molecular flexibility index (Phi) is 6.51. The third-order valence-electron chi connectivity index (χ3n) is 5.47. The van der Waals surface area contributed by atoms with Crippen molar-refractivity contribution in [2.24, 2.45) is 0 Å². The number of hydrogen-bond donors (Lipinski definition) is 1. The number of aryl methyl sites for hydroxylation is 2. The van der Waals surface area contributed by atoms with Crippen LogP contribution in [0.1, 0.15) is 56.1 Å². The van der Waals surface area contributed by atoms with Gasteiger partial charge in [-0.3, -0.25) is 4.31 Å².